The molecule has 0 heterocycles. The Labute approximate surface area is 103 Å². The van der Waals surface area contributed by atoms with Crippen LogP contribution < -0.4 is 5.32 Å². The number of hydrogen-bond donors (Lipinski definition) is 2. The topological polar surface area (TPSA) is 41.5 Å². The highest BCUT2D eigenvalue weighted by atomic mass is 16.5. The summed E-state index contributed by atoms with van der Waals surface area (Å²) in [5.74, 6) is 0.621. The minimum Gasteiger partial charge on any atom is -0.389 e. The van der Waals surface area contributed by atoms with Gasteiger partial charge in [-0.3, -0.25) is 0 Å². The largest absolute Gasteiger partial charge is 0.389 e. The third kappa shape index (κ3) is 3.80. The van der Waals surface area contributed by atoms with E-state index in [1.807, 2.05) is 13.0 Å². The van der Waals surface area contributed by atoms with Crippen molar-refractivity contribution >= 4 is 0 Å². The van der Waals surface area contributed by atoms with Gasteiger partial charge in [0.05, 0.1) is 12.7 Å². The zero-order chi connectivity index (χ0) is 12.1. The first-order valence-corrected chi connectivity index (χ1v) is 6.35. The Morgan fingerprint density at radius 3 is 2.88 bits per heavy atom. The highest BCUT2D eigenvalue weighted by Crippen LogP contribution is 2.40. The summed E-state index contributed by atoms with van der Waals surface area (Å²) in [6.07, 6.45) is 0.776. The van der Waals surface area contributed by atoms with E-state index < -0.39 is 6.10 Å². The van der Waals surface area contributed by atoms with Crippen molar-refractivity contribution in [1.82, 2.24) is 5.32 Å². The van der Waals surface area contributed by atoms with Crippen LogP contribution in [0.4, 0.5) is 0 Å². The van der Waals surface area contributed by atoms with Gasteiger partial charge in [-0.1, -0.05) is 30.3 Å². The van der Waals surface area contributed by atoms with Gasteiger partial charge in [0.2, 0.25) is 0 Å². The van der Waals surface area contributed by atoms with Crippen LogP contribution in [0.5, 0.6) is 0 Å². The Morgan fingerprint density at radius 2 is 2.18 bits per heavy atom. The van der Waals surface area contributed by atoms with Crippen molar-refractivity contribution in [3.05, 3.63) is 35.9 Å². The SMILES string of the molecule is CCOCC(O)CNC1CC1c1ccccc1. The molecule has 2 rings (SSSR count). The van der Waals surface area contributed by atoms with Crippen LogP contribution in [0, 0.1) is 0 Å². The number of nitrogens with one attached hydrogen (secondary N) is 1. The van der Waals surface area contributed by atoms with Crippen molar-refractivity contribution in [2.75, 3.05) is 19.8 Å². The predicted molar refractivity (Wildman–Crippen MR) is 68.1 cm³/mol. The summed E-state index contributed by atoms with van der Waals surface area (Å²) in [5.41, 5.74) is 1.39. The summed E-state index contributed by atoms with van der Waals surface area (Å²) in [6, 6.07) is 11.1. The van der Waals surface area contributed by atoms with Crippen molar-refractivity contribution in [2.45, 2.75) is 31.4 Å². The van der Waals surface area contributed by atoms with E-state index in [-0.39, 0.29) is 0 Å². The average molecular weight is 235 g/mol. The molecule has 1 aromatic carbocycles. The number of benzene rings is 1. The predicted octanol–water partition coefficient (Wildman–Crippen LogP) is 1.53. The first-order valence-electron chi connectivity index (χ1n) is 6.35. The summed E-state index contributed by atoms with van der Waals surface area (Å²) in [6.45, 7) is 3.64. The summed E-state index contributed by atoms with van der Waals surface area (Å²) < 4.78 is 5.17. The van der Waals surface area contributed by atoms with Gasteiger partial charge in [-0.25, -0.2) is 0 Å². The quantitative estimate of drug-likeness (QED) is 0.753. The lowest BCUT2D eigenvalue weighted by Crippen LogP contribution is -2.32. The van der Waals surface area contributed by atoms with Crippen LogP contribution in [0.25, 0.3) is 0 Å². The molecule has 1 saturated carbocycles. The lowest BCUT2D eigenvalue weighted by molar-refractivity contribution is 0.0426. The van der Waals surface area contributed by atoms with Crippen LogP contribution in [0.15, 0.2) is 30.3 Å². The monoisotopic (exact) mass is 235 g/mol. The number of hydrogen-bond acceptors (Lipinski definition) is 3. The maximum absolute atomic E-state index is 9.63. The van der Waals surface area contributed by atoms with E-state index in [0.717, 1.165) is 0 Å². The van der Waals surface area contributed by atoms with Crippen molar-refractivity contribution < 1.29 is 9.84 Å². The van der Waals surface area contributed by atoms with E-state index in [4.69, 9.17) is 4.74 Å². The highest BCUT2D eigenvalue weighted by molar-refractivity contribution is 5.27. The summed E-state index contributed by atoms with van der Waals surface area (Å²) in [4.78, 5) is 0. The molecular weight excluding hydrogens is 214 g/mol. The fourth-order valence-electron chi connectivity index (χ4n) is 2.09. The van der Waals surface area contributed by atoms with Gasteiger partial charge in [0, 0.05) is 25.1 Å². The van der Waals surface area contributed by atoms with E-state index in [0.29, 0.717) is 31.7 Å². The van der Waals surface area contributed by atoms with E-state index in [2.05, 4.69) is 29.6 Å². The van der Waals surface area contributed by atoms with Crippen molar-refractivity contribution in [3.63, 3.8) is 0 Å². The Balaban J connectivity index is 1.67. The highest BCUT2D eigenvalue weighted by Gasteiger charge is 2.37. The molecule has 94 valence electrons. The molecule has 0 radical (unpaired) electrons. The lowest BCUT2D eigenvalue weighted by atomic mass is 10.1. The van der Waals surface area contributed by atoms with Gasteiger partial charge in [-0.15, -0.1) is 0 Å². The van der Waals surface area contributed by atoms with Crippen LogP contribution >= 0.6 is 0 Å². The first-order chi connectivity index (χ1) is 8.31. The molecular formula is C14H21NO2. The maximum Gasteiger partial charge on any atom is 0.0897 e. The zero-order valence-corrected chi connectivity index (χ0v) is 10.3. The molecule has 0 bridgehead atoms. The zero-order valence-electron chi connectivity index (χ0n) is 10.3. The van der Waals surface area contributed by atoms with E-state index in [9.17, 15) is 5.11 Å². The Bertz CT molecular complexity index is 328. The smallest absolute Gasteiger partial charge is 0.0897 e. The maximum atomic E-state index is 9.63. The van der Waals surface area contributed by atoms with Gasteiger partial charge in [0.25, 0.3) is 0 Å². The standard InChI is InChI=1S/C14H21NO2/c1-2-17-10-12(16)9-15-14-8-13(14)11-6-4-3-5-7-11/h3-7,12-16H,2,8-10H2,1H3. The van der Waals surface area contributed by atoms with E-state index >= 15 is 0 Å². The number of ether oxygens (including phenoxy) is 1. The molecule has 0 saturated heterocycles. The van der Waals surface area contributed by atoms with Gasteiger partial charge < -0.3 is 15.2 Å². The van der Waals surface area contributed by atoms with Crippen LogP contribution in [-0.2, 0) is 4.74 Å². The molecule has 0 aromatic heterocycles. The molecule has 0 aliphatic heterocycles. The molecule has 3 heteroatoms. The molecule has 1 aromatic rings. The molecule has 3 unspecified atom stereocenters. The van der Waals surface area contributed by atoms with Crippen molar-refractivity contribution in [2.24, 2.45) is 0 Å². The van der Waals surface area contributed by atoms with E-state index in [1.54, 1.807) is 0 Å². The average Bonchev–Trinajstić information content (AvgIpc) is 3.14. The third-order valence-corrected chi connectivity index (χ3v) is 3.15. The molecule has 3 nitrogen and oxygen atoms in total. The number of rotatable bonds is 7. The fourth-order valence-corrected chi connectivity index (χ4v) is 2.09. The summed E-state index contributed by atoms with van der Waals surface area (Å²) in [5, 5.41) is 13.0. The van der Waals surface area contributed by atoms with Crippen LogP contribution in [-0.4, -0.2) is 37.0 Å². The van der Waals surface area contributed by atoms with Gasteiger partial charge in [-0.2, -0.15) is 0 Å². The van der Waals surface area contributed by atoms with Crippen LogP contribution in [0.2, 0.25) is 0 Å². The Kier molecular flexibility index (Phi) is 4.54. The molecule has 1 aliphatic carbocycles. The molecule has 0 amide bonds. The second-order valence-electron chi connectivity index (χ2n) is 4.58. The van der Waals surface area contributed by atoms with Crippen LogP contribution in [0.3, 0.4) is 0 Å². The van der Waals surface area contributed by atoms with Crippen molar-refractivity contribution in [1.29, 1.82) is 0 Å². The number of aliphatic hydroxyl groups excluding tert-OH is 1. The normalized spacial score (nSPS) is 24.6. The Hall–Kier alpha value is -0.900. The molecule has 2 N–H and O–H groups in total. The second kappa shape index (κ2) is 6.15. The molecule has 3 atom stereocenters. The minimum absolute atomic E-state index is 0.396. The van der Waals surface area contributed by atoms with Gasteiger partial charge in [0.15, 0.2) is 0 Å². The molecule has 1 aliphatic rings. The van der Waals surface area contributed by atoms with Crippen LogP contribution in [0.1, 0.15) is 24.8 Å². The summed E-state index contributed by atoms with van der Waals surface area (Å²) >= 11 is 0. The van der Waals surface area contributed by atoms with E-state index in [1.165, 1.54) is 12.0 Å². The first kappa shape index (κ1) is 12.6. The van der Waals surface area contributed by atoms with Gasteiger partial charge in [0.1, 0.15) is 0 Å². The minimum atomic E-state index is -0.396. The van der Waals surface area contributed by atoms with Gasteiger partial charge in [-0.05, 0) is 18.9 Å². The third-order valence-electron chi connectivity index (χ3n) is 3.15. The lowest BCUT2D eigenvalue weighted by Gasteiger charge is -2.11. The number of aliphatic hydroxyl groups is 1. The summed E-state index contributed by atoms with van der Waals surface area (Å²) in [7, 11) is 0. The molecule has 0 spiro atoms. The molecule has 1 fully saturated rings. The molecule has 17 heavy (non-hydrogen) atoms. The Morgan fingerprint density at radius 1 is 1.41 bits per heavy atom. The second-order valence-corrected chi connectivity index (χ2v) is 4.58. The van der Waals surface area contributed by atoms with Gasteiger partial charge >= 0.3 is 0 Å². The van der Waals surface area contributed by atoms with Crippen molar-refractivity contribution in [3.8, 4) is 0 Å². The fraction of sp³-hybridized carbons (Fsp3) is 0.571.